The predicted molar refractivity (Wildman–Crippen MR) is 86.2 cm³/mol. The highest BCUT2D eigenvalue weighted by Gasteiger charge is 2.38. The zero-order chi connectivity index (χ0) is 16.5. The first-order valence-corrected chi connectivity index (χ1v) is 7.75. The minimum Gasteiger partial charge on any atom is -0.467 e. The van der Waals surface area contributed by atoms with Gasteiger partial charge in [0, 0.05) is 14.2 Å². The van der Waals surface area contributed by atoms with Crippen LogP contribution in [0.1, 0.15) is 63.5 Å². The van der Waals surface area contributed by atoms with Crippen LogP contribution in [0.2, 0.25) is 0 Å². The zero-order valence-corrected chi connectivity index (χ0v) is 14.5. The van der Waals surface area contributed by atoms with Gasteiger partial charge in [-0.2, -0.15) is 0 Å². The molecule has 0 bridgehead atoms. The molecule has 0 amide bonds. The smallest absolute Gasteiger partial charge is 0.186 e. The Labute approximate surface area is 133 Å². The highest BCUT2D eigenvalue weighted by Crippen LogP contribution is 2.48. The van der Waals surface area contributed by atoms with Crippen molar-refractivity contribution < 1.29 is 19.3 Å². The van der Waals surface area contributed by atoms with E-state index < -0.39 is 6.29 Å². The third-order valence-corrected chi connectivity index (χ3v) is 4.89. The molecule has 1 aromatic rings. The van der Waals surface area contributed by atoms with Crippen LogP contribution in [0.15, 0.2) is 12.1 Å². The number of fused-ring (bicyclic) bond motifs is 1. The van der Waals surface area contributed by atoms with E-state index in [4.69, 9.17) is 14.2 Å². The molecule has 124 valence electrons. The van der Waals surface area contributed by atoms with Crippen LogP contribution in [-0.4, -0.2) is 26.1 Å². The Balaban J connectivity index is 2.66. The third-order valence-electron chi connectivity index (χ3n) is 4.89. The van der Waals surface area contributed by atoms with E-state index in [1.54, 1.807) is 14.2 Å². The lowest BCUT2D eigenvalue weighted by atomic mass is 9.63. The Bertz CT molecular complexity index is 530. The molecule has 1 aliphatic rings. The topological polar surface area (TPSA) is 47.9 Å². The van der Waals surface area contributed by atoms with Crippen LogP contribution in [0.4, 0.5) is 0 Å². The number of hydrogen-bond donors (Lipinski definition) is 1. The molecule has 0 aromatic heterocycles. The monoisotopic (exact) mass is 308 g/mol. The molecular formula is C18H28O4. The van der Waals surface area contributed by atoms with E-state index in [-0.39, 0.29) is 17.6 Å². The zero-order valence-electron chi connectivity index (χ0n) is 14.5. The lowest BCUT2D eigenvalue weighted by Gasteiger charge is -2.42. The first-order valence-electron chi connectivity index (χ1n) is 7.75. The SMILES string of the molecule is COC(OC)c1cc2c(cc1OCO)C(C)(C)CCC2(C)C. The summed E-state index contributed by atoms with van der Waals surface area (Å²) in [5.74, 6) is 0.626. The van der Waals surface area contributed by atoms with Gasteiger partial charge in [-0.25, -0.2) is 0 Å². The quantitative estimate of drug-likeness (QED) is 0.843. The van der Waals surface area contributed by atoms with Gasteiger partial charge in [0.2, 0.25) is 0 Å². The van der Waals surface area contributed by atoms with Crippen molar-refractivity contribution in [2.24, 2.45) is 0 Å². The van der Waals surface area contributed by atoms with Crippen LogP contribution in [-0.2, 0) is 20.3 Å². The number of hydrogen-bond acceptors (Lipinski definition) is 4. The molecule has 4 nitrogen and oxygen atoms in total. The van der Waals surface area contributed by atoms with Crippen LogP contribution in [0.25, 0.3) is 0 Å². The molecule has 0 saturated carbocycles. The molecule has 0 fully saturated rings. The summed E-state index contributed by atoms with van der Waals surface area (Å²) in [4.78, 5) is 0. The number of rotatable bonds is 5. The van der Waals surface area contributed by atoms with Gasteiger partial charge < -0.3 is 19.3 Å². The van der Waals surface area contributed by atoms with Crippen LogP contribution in [0.5, 0.6) is 5.75 Å². The summed E-state index contributed by atoms with van der Waals surface area (Å²) in [7, 11) is 3.21. The van der Waals surface area contributed by atoms with E-state index >= 15 is 0 Å². The molecule has 0 unspecified atom stereocenters. The fourth-order valence-corrected chi connectivity index (χ4v) is 3.34. The molecule has 0 atom stereocenters. The summed E-state index contributed by atoms with van der Waals surface area (Å²) < 4.78 is 16.2. The van der Waals surface area contributed by atoms with Crippen molar-refractivity contribution in [2.75, 3.05) is 21.0 Å². The summed E-state index contributed by atoms with van der Waals surface area (Å²) >= 11 is 0. The number of aliphatic hydroxyl groups excluding tert-OH is 1. The molecule has 4 heteroatoms. The largest absolute Gasteiger partial charge is 0.467 e. The summed E-state index contributed by atoms with van der Waals surface area (Å²) in [5, 5.41) is 9.20. The Morgan fingerprint density at radius 1 is 1.00 bits per heavy atom. The molecule has 1 aliphatic carbocycles. The molecular weight excluding hydrogens is 280 g/mol. The van der Waals surface area contributed by atoms with Crippen molar-refractivity contribution in [3.05, 3.63) is 28.8 Å². The minimum absolute atomic E-state index is 0.0899. The van der Waals surface area contributed by atoms with E-state index in [9.17, 15) is 5.11 Å². The molecule has 1 N–H and O–H groups in total. The van der Waals surface area contributed by atoms with E-state index in [0.29, 0.717) is 5.75 Å². The number of methoxy groups -OCH3 is 2. The fraction of sp³-hybridized carbons (Fsp3) is 0.667. The predicted octanol–water partition coefficient (Wildman–Crippen LogP) is 3.66. The van der Waals surface area contributed by atoms with Crippen molar-refractivity contribution >= 4 is 0 Å². The molecule has 2 rings (SSSR count). The Morgan fingerprint density at radius 2 is 1.50 bits per heavy atom. The second-order valence-electron chi connectivity index (χ2n) is 7.28. The van der Waals surface area contributed by atoms with Crippen molar-refractivity contribution in [2.45, 2.75) is 57.7 Å². The van der Waals surface area contributed by atoms with E-state index in [2.05, 4.69) is 33.8 Å². The van der Waals surface area contributed by atoms with Crippen molar-refractivity contribution in [1.82, 2.24) is 0 Å². The van der Waals surface area contributed by atoms with Crippen molar-refractivity contribution in [1.29, 1.82) is 0 Å². The molecule has 0 saturated heterocycles. The minimum atomic E-state index is -0.507. The van der Waals surface area contributed by atoms with E-state index in [1.165, 1.54) is 11.1 Å². The number of ether oxygens (including phenoxy) is 3. The van der Waals surface area contributed by atoms with Gasteiger partial charge in [-0.1, -0.05) is 27.7 Å². The third kappa shape index (κ3) is 3.00. The number of aliphatic hydroxyl groups is 1. The standard InChI is InChI=1S/C18H28O4/c1-17(2)7-8-18(3,4)14-10-15(22-11-19)12(9-13(14)17)16(20-5)21-6/h9-10,16,19H,7-8,11H2,1-6H3. The van der Waals surface area contributed by atoms with E-state index in [0.717, 1.165) is 18.4 Å². The molecule has 0 spiro atoms. The molecule has 0 aliphatic heterocycles. The Hall–Kier alpha value is -1.10. The molecule has 1 aromatic carbocycles. The maximum Gasteiger partial charge on any atom is 0.186 e. The normalized spacial score (nSPS) is 19.1. The maximum atomic E-state index is 9.20. The van der Waals surface area contributed by atoms with Crippen molar-refractivity contribution in [3.63, 3.8) is 0 Å². The van der Waals surface area contributed by atoms with Gasteiger partial charge in [-0.05, 0) is 46.9 Å². The summed E-state index contributed by atoms with van der Waals surface area (Å²) in [6.07, 6.45) is 1.76. The van der Waals surface area contributed by atoms with Crippen molar-refractivity contribution in [3.8, 4) is 5.75 Å². The van der Waals surface area contributed by atoms with E-state index in [1.807, 2.05) is 6.07 Å². The number of benzene rings is 1. The molecule has 0 heterocycles. The lowest BCUT2D eigenvalue weighted by molar-refractivity contribution is -0.107. The lowest BCUT2D eigenvalue weighted by Crippen LogP contribution is -2.34. The van der Waals surface area contributed by atoms with Gasteiger partial charge in [-0.3, -0.25) is 0 Å². The van der Waals surface area contributed by atoms with Gasteiger partial charge >= 0.3 is 0 Å². The maximum absolute atomic E-state index is 9.20. The summed E-state index contributed by atoms with van der Waals surface area (Å²) in [6.45, 7) is 8.69. The van der Waals surface area contributed by atoms with Gasteiger partial charge in [0.1, 0.15) is 5.75 Å². The van der Waals surface area contributed by atoms with Gasteiger partial charge in [0.15, 0.2) is 13.1 Å². The Morgan fingerprint density at radius 3 is 1.95 bits per heavy atom. The highest BCUT2D eigenvalue weighted by molar-refractivity contribution is 5.50. The summed E-state index contributed by atoms with van der Waals surface area (Å²) in [5.41, 5.74) is 3.60. The molecule has 0 radical (unpaired) electrons. The van der Waals surface area contributed by atoms with Crippen LogP contribution >= 0.6 is 0 Å². The second-order valence-corrected chi connectivity index (χ2v) is 7.28. The summed E-state index contributed by atoms with van der Waals surface area (Å²) in [6, 6.07) is 4.17. The van der Waals surface area contributed by atoms with Crippen LogP contribution < -0.4 is 4.74 Å². The fourth-order valence-electron chi connectivity index (χ4n) is 3.34. The van der Waals surface area contributed by atoms with Crippen LogP contribution in [0, 0.1) is 0 Å². The highest BCUT2D eigenvalue weighted by atomic mass is 16.7. The average Bonchev–Trinajstić information content (AvgIpc) is 2.46. The van der Waals surface area contributed by atoms with Gasteiger partial charge in [-0.15, -0.1) is 0 Å². The molecule has 22 heavy (non-hydrogen) atoms. The van der Waals surface area contributed by atoms with Gasteiger partial charge in [0.05, 0.1) is 5.56 Å². The first-order chi connectivity index (χ1) is 10.3. The van der Waals surface area contributed by atoms with Gasteiger partial charge in [0.25, 0.3) is 0 Å². The average molecular weight is 308 g/mol. The second kappa shape index (κ2) is 6.19. The Kier molecular flexibility index (Phi) is 4.85. The first kappa shape index (κ1) is 17.3. The van der Waals surface area contributed by atoms with Crippen LogP contribution in [0.3, 0.4) is 0 Å².